The first-order valence-corrected chi connectivity index (χ1v) is 13.8. The Labute approximate surface area is 268 Å². The quantitative estimate of drug-likeness (QED) is 0.0572. The minimum Gasteiger partial charge on any atom is -0.508 e. The van der Waals surface area contributed by atoms with E-state index in [0.29, 0.717) is 17.2 Å². The molecule has 0 spiro atoms. The number of esters is 2. The number of benzene rings is 4. The monoisotopic (exact) mass is 642 g/mol. The van der Waals surface area contributed by atoms with Crippen molar-refractivity contribution in [3.05, 3.63) is 125 Å². The normalized spacial score (nSPS) is 11.5. The lowest BCUT2D eigenvalue weighted by Gasteiger charge is -2.13. The highest BCUT2D eigenvalue weighted by atomic mass is 19.1. The highest BCUT2D eigenvalue weighted by Crippen LogP contribution is 2.33. The Morgan fingerprint density at radius 3 is 2.06 bits per heavy atom. The first-order valence-electron chi connectivity index (χ1n) is 13.8. The van der Waals surface area contributed by atoms with Gasteiger partial charge in [-0.05, 0) is 77.4 Å². The lowest BCUT2D eigenvalue weighted by atomic mass is 10.0. The molecule has 47 heavy (non-hydrogen) atoms. The van der Waals surface area contributed by atoms with Gasteiger partial charge in [0.15, 0.2) is 28.8 Å². The summed E-state index contributed by atoms with van der Waals surface area (Å²) in [6.07, 6.45) is 6.50. The Kier molecular flexibility index (Phi) is 10.9. The van der Waals surface area contributed by atoms with Gasteiger partial charge in [0.2, 0.25) is 0 Å². The average molecular weight is 643 g/mol. The molecule has 0 bridgehead atoms. The van der Waals surface area contributed by atoms with Gasteiger partial charge in [0.1, 0.15) is 28.7 Å². The molecule has 4 aromatic rings. The van der Waals surface area contributed by atoms with E-state index in [0.717, 1.165) is 19.1 Å². The zero-order chi connectivity index (χ0) is 34.1. The molecule has 0 aromatic heterocycles. The number of ether oxygens (including phenoxy) is 4. The first kappa shape index (κ1) is 33.7. The van der Waals surface area contributed by atoms with E-state index in [9.17, 15) is 33.4 Å². The SMILES string of the molecule is COc1cc(/C=C/C(O)=C/C(=O)/C=C/c2ccc(OC(=O)c3cc(-c4ccc(F)cc4F)ccc3OC(C)=O)c(OC)c2)ccc1O. The fraction of sp³-hybridized carbons (Fsp3) is 0.0833. The number of hydrogen-bond acceptors (Lipinski definition) is 9. The number of halogens is 2. The second-order valence-electron chi connectivity index (χ2n) is 9.80. The van der Waals surface area contributed by atoms with Gasteiger partial charge < -0.3 is 29.2 Å². The summed E-state index contributed by atoms with van der Waals surface area (Å²) in [5, 5.41) is 19.8. The van der Waals surface area contributed by atoms with E-state index in [1.807, 2.05) is 0 Å². The van der Waals surface area contributed by atoms with Crippen LogP contribution in [-0.2, 0) is 9.59 Å². The number of carbonyl (C=O) groups is 3. The molecule has 0 aliphatic heterocycles. The summed E-state index contributed by atoms with van der Waals surface area (Å²) in [7, 11) is 2.75. The molecule has 4 aromatic carbocycles. The molecular formula is C36H28F2O9. The fourth-order valence-electron chi connectivity index (χ4n) is 4.25. The van der Waals surface area contributed by atoms with Crippen LogP contribution < -0.4 is 18.9 Å². The molecule has 9 nitrogen and oxygen atoms in total. The molecule has 0 fully saturated rings. The zero-order valence-electron chi connectivity index (χ0n) is 25.3. The third-order valence-electron chi connectivity index (χ3n) is 6.47. The molecule has 0 aliphatic rings. The molecule has 0 aliphatic carbocycles. The molecule has 240 valence electrons. The predicted molar refractivity (Wildman–Crippen MR) is 170 cm³/mol. The maximum atomic E-state index is 14.5. The van der Waals surface area contributed by atoms with E-state index in [-0.39, 0.29) is 51.2 Å². The second kappa shape index (κ2) is 15.2. The van der Waals surface area contributed by atoms with E-state index in [1.54, 1.807) is 12.1 Å². The summed E-state index contributed by atoms with van der Waals surface area (Å²) in [6, 6.07) is 16.0. The van der Waals surface area contributed by atoms with Crippen molar-refractivity contribution in [3.63, 3.8) is 0 Å². The average Bonchev–Trinajstić information content (AvgIpc) is 3.03. The number of rotatable bonds is 11. The van der Waals surface area contributed by atoms with Crippen LogP contribution in [0, 0.1) is 11.6 Å². The van der Waals surface area contributed by atoms with Crippen LogP contribution in [0.15, 0.2) is 96.8 Å². The number of allylic oxidation sites excluding steroid dienone is 3. The Hall–Kier alpha value is -6.23. The maximum absolute atomic E-state index is 14.5. The predicted octanol–water partition coefficient (Wildman–Crippen LogP) is 7.24. The van der Waals surface area contributed by atoms with Crippen LogP contribution in [0.1, 0.15) is 28.4 Å². The Bertz CT molecular complexity index is 1930. The number of hydrogen-bond donors (Lipinski definition) is 2. The Balaban J connectivity index is 1.51. The number of aliphatic hydroxyl groups is 1. The zero-order valence-corrected chi connectivity index (χ0v) is 25.3. The molecule has 0 heterocycles. The summed E-state index contributed by atoms with van der Waals surface area (Å²) in [5.74, 6) is -3.95. The van der Waals surface area contributed by atoms with Crippen LogP contribution in [0.4, 0.5) is 8.78 Å². The largest absolute Gasteiger partial charge is 0.508 e. The minimum absolute atomic E-state index is 0.00952. The van der Waals surface area contributed by atoms with Crippen LogP contribution in [0.3, 0.4) is 0 Å². The van der Waals surface area contributed by atoms with Crippen LogP contribution in [0.2, 0.25) is 0 Å². The lowest BCUT2D eigenvalue weighted by Crippen LogP contribution is -2.13. The summed E-state index contributed by atoms with van der Waals surface area (Å²) in [4.78, 5) is 37.3. The Morgan fingerprint density at radius 1 is 0.723 bits per heavy atom. The van der Waals surface area contributed by atoms with E-state index >= 15 is 0 Å². The highest BCUT2D eigenvalue weighted by molar-refractivity contribution is 6.02. The van der Waals surface area contributed by atoms with Gasteiger partial charge >= 0.3 is 11.9 Å². The smallest absolute Gasteiger partial charge is 0.347 e. The van der Waals surface area contributed by atoms with Gasteiger partial charge in [-0.3, -0.25) is 9.59 Å². The molecule has 0 amide bonds. The number of methoxy groups -OCH3 is 2. The van der Waals surface area contributed by atoms with Gasteiger partial charge in [-0.1, -0.05) is 30.4 Å². The van der Waals surface area contributed by atoms with Crippen molar-refractivity contribution in [2.45, 2.75) is 6.92 Å². The van der Waals surface area contributed by atoms with Gasteiger partial charge in [-0.2, -0.15) is 0 Å². The second-order valence-corrected chi connectivity index (χ2v) is 9.80. The third-order valence-corrected chi connectivity index (χ3v) is 6.47. The molecule has 4 rings (SSSR count). The summed E-state index contributed by atoms with van der Waals surface area (Å²) in [5.41, 5.74) is 1.12. The summed E-state index contributed by atoms with van der Waals surface area (Å²) >= 11 is 0. The number of aliphatic hydroxyl groups excluding tert-OH is 1. The third kappa shape index (κ3) is 8.92. The van der Waals surface area contributed by atoms with Gasteiger partial charge in [-0.15, -0.1) is 0 Å². The van der Waals surface area contributed by atoms with Gasteiger partial charge in [0.05, 0.1) is 14.2 Å². The van der Waals surface area contributed by atoms with Crippen molar-refractivity contribution in [2.24, 2.45) is 0 Å². The van der Waals surface area contributed by atoms with E-state index < -0.39 is 29.4 Å². The van der Waals surface area contributed by atoms with Crippen molar-refractivity contribution in [2.75, 3.05) is 14.2 Å². The number of phenolic OH excluding ortho intramolecular Hbond substituents is 1. The molecule has 0 saturated heterocycles. The maximum Gasteiger partial charge on any atom is 0.347 e. The molecule has 2 N–H and O–H groups in total. The van der Waals surface area contributed by atoms with E-state index in [1.165, 1.54) is 87.1 Å². The number of carbonyl (C=O) groups excluding carboxylic acids is 3. The Morgan fingerprint density at radius 2 is 1.38 bits per heavy atom. The van der Waals surface area contributed by atoms with Crippen LogP contribution in [-0.4, -0.2) is 42.2 Å². The van der Waals surface area contributed by atoms with Gasteiger partial charge in [0.25, 0.3) is 0 Å². The van der Waals surface area contributed by atoms with Crippen molar-refractivity contribution in [1.29, 1.82) is 0 Å². The van der Waals surface area contributed by atoms with E-state index in [4.69, 9.17) is 18.9 Å². The van der Waals surface area contributed by atoms with Crippen LogP contribution >= 0.6 is 0 Å². The molecule has 11 heteroatoms. The topological polar surface area (TPSA) is 129 Å². The summed E-state index contributed by atoms with van der Waals surface area (Å²) < 4.78 is 49.0. The first-order chi connectivity index (χ1) is 22.5. The summed E-state index contributed by atoms with van der Waals surface area (Å²) in [6.45, 7) is 1.14. The standard InChI is InChI=1S/C36H28F2O9/c1-21(39)46-32-15-8-24(28-12-9-25(37)19-30(28)38)18-29(32)36(43)47-33-14-7-23(17-35(33)45-3)5-11-27(41)20-26(40)10-4-22-6-13-31(42)34(16-22)44-2/h4-20,40,42H,1-3H3/b10-4+,11-5+,26-20-. The van der Waals surface area contributed by atoms with Crippen LogP contribution in [0.5, 0.6) is 28.7 Å². The van der Waals surface area contributed by atoms with Crippen molar-refractivity contribution in [1.82, 2.24) is 0 Å². The van der Waals surface area contributed by atoms with E-state index in [2.05, 4.69) is 0 Å². The van der Waals surface area contributed by atoms with Gasteiger partial charge in [0, 0.05) is 24.6 Å². The van der Waals surface area contributed by atoms with Crippen molar-refractivity contribution >= 4 is 29.9 Å². The molecule has 0 unspecified atom stereocenters. The molecule has 0 saturated carbocycles. The molecular weight excluding hydrogens is 614 g/mol. The number of phenols is 1. The minimum atomic E-state index is -0.957. The highest BCUT2D eigenvalue weighted by Gasteiger charge is 2.21. The number of aromatic hydroxyl groups is 1. The fourth-order valence-corrected chi connectivity index (χ4v) is 4.25. The molecule has 0 radical (unpaired) electrons. The molecule has 0 atom stereocenters. The number of ketones is 1. The van der Waals surface area contributed by atoms with Crippen molar-refractivity contribution in [3.8, 4) is 39.9 Å². The van der Waals surface area contributed by atoms with Crippen molar-refractivity contribution < 1.29 is 52.3 Å². The van der Waals surface area contributed by atoms with Crippen LogP contribution in [0.25, 0.3) is 23.3 Å². The van der Waals surface area contributed by atoms with Gasteiger partial charge in [-0.25, -0.2) is 13.6 Å². The lowest BCUT2D eigenvalue weighted by molar-refractivity contribution is -0.131.